The van der Waals surface area contributed by atoms with Crippen LogP contribution in [0.25, 0.3) is 0 Å². The number of carbonyl (C=O) groups is 2. The van der Waals surface area contributed by atoms with Crippen molar-refractivity contribution in [2.45, 2.75) is 20.3 Å². The van der Waals surface area contributed by atoms with Gasteiger partial charge in [-0.25, -0.2) is 4.79 Å². The molecule has 0 spiro atoms. The maximum Gasteiger partial charge on any atom is 0.374 e. The van der Waals surface area contributed by atoms with Crippen LogP contribution < -0.4 is 0 Å². The van der Waals surface area contributed by atoms with Gasteiger partial charge in [-0.1, -0.05) is 13.8 Å². The van der Waals surface area contributed by atoms with Crippen LogP contribution in [0.5, 0.6) is 0 Å². The summed E-state index contributed by atoms with van der Waals surface area (Å²) < 4.78 is 10.5. The van der Waals surface area contributed by atoms with Crippen molar-refractivity contribution in [2.24, 2.45) is 11.8 Å². The van der Waals surface area contributed by atoms with Crippen molar-refractivity contribution in [3.05, 3.63) is 22.6 Å². The molecule has 1 saturated heterocycles. The molecule has 1 amide bonds. The molecule has 1 fully saturated rings. The van der Waals surface area contributed by atoms with E-state index in [1.807, 2.05) is 0 Å². The fourth-order valence-electron chi connectivity index (χ4n) is 2.58. The molecule has 0 N–H and O–H groups in total. The summed E-state index contributed by atoms with van der Waals surface area (Å²) >= 11 is 3.11. The molecule has 2 atom stereocenters. The van der Waals surface area contributed by atoms with Crippen LogP contribution in [-0.2, 0) is 9.53 Å². The van der Waals surface area contributed by atoms with Crippen LogP contribution in [0, 0.1) is 11.8 Å². The average Bonchev–Trinajstić information content (AvgIpc) is 2.81. The Labute approximate surface area is 126 Å². The van der Waals surface area contributed by atoms with Gasteiger partial charge in [-0.15, -0.1) is 0 Å². The highest BCUT2D eigenvalue weighted by atomic mass is 79.9. The minimum Gasteiger partial charge on any atom is -0.450 e. The lowest BCUT2D eigenvalue weighted by molar-refractivity contribution is -0.137. The number of likely N-dealkylation sites (tertiary alicyclic amines) is 1. The maximum absolute atomic E-state index is 12.0. The van der Waals surface area contributed by atoms with E-state index in [0.29, 0.717) is 16.5 Å². The SMILES string of the molecule is CC1CC(C)CN(C(=O)COC(=O)c2ccc(Br)o2)C1. The van der Waals surface area contributed by atoms with E-state index in [2.05, 4.69) is 29.8 Å². The fourth-order valence-corrected chi connectivity index (χ4v) is 2.89. The van der Waals surface area contributed by atoms with E-state index in [1.54, 1.807) is 11.0 Å². The molecule has 0 aliphatic carbocycles. The molecule has 1 aromatic heterocycles. The zero-order valence-corrected chi connectivity index (χ0v) is 13.2. The predicted molar refractivity (Wildman–Crippen MR) is 76.2 cm³/mol. The summed E-state index contributed by atoms with van der Waals surface area (Å²) in [6.07, 6.45) is 1.13. The highest BCUT2D eigenvalue weighted by molar-refractivity contribution is 9.10. The Morgan fingerprint density at radius 1 is 1.35 bits per heavy atom. The quantitative estimate of drug-likeness (QED) is 0.791. The number of hydrogen-bond donors (Lipinski definition) is 0. The van der Waals surface area contributed by atoms with Gasteiger partial charge in [0.1, 0.15) is 0 Å². The Kier molecular flexibility index (Phi) is 4.86. The molecule has 0 radical (unpaired) electrons. The Morgan fingerprint density at radius 2 is 2.00 bits per heavy atom. The van der Waals surface area contributed by atoms with E-state index in [4.69, 9.17) is 9.15 Å². The summed E-state index contributed by atoms with van der Waals surface area (Å²) in [6.45, 7) is 5.47. The van der Waals surface area contributed by atoms with Crippen molar-refractivity contribution in [2.75, 3.05) is 19.7 Å². The van der Waals surface area contributed by atoms with Gasteiger partial charge < -0.3 is 14.1 Å². The van der Waals surface area contributed by atoms with E-state index < -0.39 is 5.97 Å². The second-order valence-electron chi connectivity index (χ2n) is 5.42. The molecule has 2 heterocycles. The molecule has 20 heavy (non-hydrogen) atoms. The first-order valence-electron chi connectivity index (χ1n) is 6.66. The van der Waals surface area contributed by atoms with E-state index in [0.717, 1.165) is 19.5 Å². The molecule has 1 aliphatic heterocycles. The number of esters is 1. The highest BCUT2D eigenvalue weighted by Crippen LogP contribution is 2.21. The lowest BCUT2D eigenvalue weighted by Gasteiger charge is -2.34. The molecule has 2 rings (SSSR count). The van der Waals surface area contributed by atoms with Crippen molar-refractivity contribution in [3.8, 4) is 0 Å². The molecule has 1 aliphatic rings. The van der Waals surface area contributed by atoms with Crippen LogP contribution in [0.4, 0.5) is 0 Å². The molecular formula is C14H18BrNO4. The van der Waals surface area contributed by atoms with Gasteiger partial charge in [-0.05, 0) is 46.3 Å². The molecule has 0 bridgehead atoms. The minimum absolute atomic E-state index is 0.0880. The monoisotopic (exact) mass is 343 g/mol. The molecular weight excluding hydrogens is 326 g/mol. The third kappa shape index (κ3) is 3.85. The summed E-state index contributed by atoms with van der Waals surface area (Å²) in [5.74, 6) is 0.286. The van der Waals surface area contributed by atoms with Gasteiger partial charge in [0.2, 0.25) is 5.76 Å². The van der Waals surface area contributed by atoms with Crippen LogP contribution in [0.1, 0.15) is 30.8 Å². The standard InChI is InChI=1S/C14H18BrNO4/c1-9-5-10(2)7-16(6-9)13(17)8-19-14(18)11-3-4-12(15)20-11/h3-4,9-10H,5-8H2,1-2H3. The highest BCUT2D eigenvalue weighted by Gasteiger charge is 2.26. The van der Waals surface area contributed by atoms with Gasteiger partial charge in [-0.3, -0.25) is 4.79 Å². The molecule has 1 aromatic rings. The third-order valence-electron chi connectivity index (χ3n) is 3.32. The number of piperidine rings is 1. The first-order chi connectivity index (χ1) is 9.45. The van der Waals surface area contributed by atoms with E-state index in [-0.39, 0.29) is 18.3 Å². The molecule has 110 valence electrons. The fraction of sp³-hybridized carbons (Fsp3) is 0.571. The smallest absolute Gasteiger partial charge is 0.374 e. The largest absolute Gasteiger partial charge is 0.450 e. The first-order valence-corrected chi connectivity index (χ1v) is 7.45. The minimum atomic E-state index is -0.623. The van der Waals surface area contributed by atoms with Gasteiger partial charge >= 0.3 is 5.97 Å². The number of carbonyl (C=O) groups excluding carboxylic acids is 2. The Morgan fingerprint density at radius 3 is 2.55 bits per heavy atom. The molecule has 2 unspecified atom stereocenters. The third-order valence-corrected chi connectivity index (χ3v) is 3.75. The summed E-state index contributed by atoms with van der Waals surface area (Å²) in [7, 11) is 0. The predicted octanol–water partition coefficient (Wildman–Crippen LogP) is 2.70. The molecule has 6 heteroatoms. The normalized spacial score (nSPS) is 22.6. The van der Waals surface area contributed by atoms with Crippen LogP contribution in [0.2, 0.25) is 0 Å². The van der Waals surface area contributed by atoms with Crippen molar-refractivity contribution in [1.29, 1.82) is 0 Å². The molecule has 5 nitrogen and oxygen atoms in total. The lowest BCUT2D eigenvalue weighted by Crippen LogP contribution is -2.44. The maximum atomic E-state index is 12.0. The van der Waals surface area contributed by atoms with Crippen molar-refractivity contribution in [3.63, 3.8) is 0 Å². The van der Waals surface area contributed by atoms with Crippen LogP contribution >= 0.6 is 15.9 Å². The summed E-state index contributed by atoms with van der Waals surface area (Å²) in [5.41, 5.74) is 0. The first kappa shape index (κ1) is 15.1. The van der Waals surface area contributed by atoms with E-state index in [9.17, 15) is 9.59 Å². The number of halogens is 1. The Balaban J connectivity index is 1.84. The summed E-state index contributed by atoms with van der Waals surface area (Å²) in [5, 5.41) is 0. The molecule has 0 saturated carbocycles. The lowest BCUT2D eigenvalue weighted by atomic mass is 9.92. The summed E-state index contributed by atoms with van der Waals surface area (Å²) in [4.78, 5) is 25.5. The number of amides is 1. The van der Waals surface area contributed by atoms with Crippen molar-refractivity contribution >= 4 is 27.8 Å². The average molecular weight is 344 g/mol. The topological polar surface area (TPSA) is 59.8 Å². The summed E-state index contributed by atoms with van der Waals surface area (Å²) in [6, 6.07) is 3.11. The second-order valence-corrected chi connectivity index (χ2v) is 6.21. The van der Waals surface area contributed by atoms with Gasteiger partial charge in [0.25, 0.3) is 5.91 Å². The second kappa shape index (κ2) is 6.43. The van der Waals surface area contributed by atoms with E-state index in [1.165, 1.54) is 6.07 Å². The zero-order valence-electron chi connectivity index (χ0n) is 11.6. The Hall–Kier alpha value is -1.30. The van der Waals surface area contributed by atoms with Crippen molar-refractivity contribution in [1.82, 2.24) is 4.90 Å². The van der Waals surface area contributed by atoms with Crippen LogP contribution in [-0.4, -0.2) is 36.5 Å². The number of rotatable bonds is 3. The van der Waals surface area contributed by atoms with Gasteiger partial charge in [0.05, 0.1) is 0 Å². The van der Waals surface area contributed by atoms with E-state index >= 15 is 0 Å². The number of hydrogen-bond acceptors (Lipinski definition) is 4. The van der Waals surface area contributed by atoms with Gasteiger partial charge in [0.15, 0.2) is 11.3 Å². The number of ether oxygens (including phenoxy) is 1. The van der Waals surface area contributed by atoms with Crippen LogP contribution in [0.15, 0.2) is 21.2 Å². The van der Waals surface area contributed by atoms with Gasteiger partial charge in [-0.2, -0.15) is 0 Å². The number of furan rings is 1. The zero-order chi connectivity index (χ0) is 14.7. The molecule has 0 aromatic carbocycles. The number of nitrogens with zero attached hydrogens (tertiary/aromatic N) is 1. The van der Waals surface area contributed by atoms with Crippen molar-refractivity contribution < 1.29 is 18.7 Å². The van der Waals surface area contributed by atoms with Crippen LogP contribution in [0.3, 0.4) is 0 Å². The van der Waals surface area contributed by atoms with Gasteiger partial charge in [0, 0.05) is 13.1 Å². The Bertz CT molecular complexity index is 489.